The highest BCUT2D eigenvalue weighted by atomic mass is 79.9. The van der Waals surface area contributed by atoms with Gasteiger partial charge in [-0.15, -0.1) is 0 Å². The van der Waals surface area contributed by atoms with E-state index in [1.165, 1.54) is 5.56 Å². The van der Waals surface area contributed by atoms with Gasteiger partial charge in [0.05, 0.1) is 12.6 Å². The molecule has 2 N–H and O–H groups in total. The molecule has 0 saturated carbocycles. The topological polar surface area (TPSA) is 35.2 Å². The van der Waals surface area contributed by atoms with Crippen LogP contribution in [-0.2, 0) is 6.42 Å². The fourth-order valence-electron chi connectivity index (χ4n) is 2.09. The largest absolute Gasteiger partial charge is 0.493 e. The Labute approximate surface area is 113 Å². The lowest BCUT2D eigenvalue weighted by molar-refractivity contribution is 0.357. The summed E-state index contributed by atoms with van der Waals surface area (Å²) in [6, 6.07) is 6.18. The molecule has 0 radical (unpaired) electrons. The van der Waals surface area contributed by atoms with Gasteiger partial charge >= 0.3 is 0 Å². The van der Waals surface area contributed by atoms with Crippen LogP contribution in [0, 0.1) is 0 Å². The second kappa shape index (κ2) is 4.44. The molecule has 0 spiro atoms. The maximum absolute atomic E-state index is 6.29. The first-order chi connectivity index (χ1) is 8.25. The van der Waals surface area contributed by atoms with Crippen LogP contribution in [0.25, 0.3) is 0 Å². The molecule has 4 heteroatoms. The monoisotopic (exact) mass is 309 g/mol. The number of hydrogen-bond acceptors (Lipinski definition) is 3. The second-order valence-corrected chi connectivity index (χ2v) is 5.72. The Balaban J connectivity index is 1.97. The molecule has 2 aromatic rings. The van der Waals surface area contributed by atoms with Gasteiger partial charge in [-0.3, -0.25) is 0 Å². The zero-order valence-electron chi connectivity index (χ0n) is 9.15. The summed E-state index contributed by atoms with van der Waals surface area (Å²) in [5, 5.41) is 4.16. The molecule has 1 aromatic heterocycles. The average molecular weight is 310 g/mol. The van der Waals surface area contributed by atoms with Gasteiger partial charge in [-0.2, -0.15) is 11.3 Å². The first kappa shape index (κ1) is 11.3. The lowest BCUT2D eigenvalue weighted by atomic mass is 9.99. The van der Waals surface area contributed by atoms with E-state index in [1.807, 2.05) is 6.07 Å². The summed E-state index contributed by atoms with van der Waals surface area (Å²) in [7, 11) is 0. The van der Waals surface area contributed by atoms with E-state index in [2.05, 4.69) is 38.8 Å². The zero-order valence-corrected chi connectivity index (χ0v) is 11.6. The van der Waals surface area contributed by atoms with Crippen molar-refractivity contribution < 1.29 is 4.74 Å². The number of rotatable bonds is 2. The quantitative estimate of drug-likeness (QED) is 0.921. The second-order valence-electron chi connectivity index (χ2n) is 4.12. The minimum Gasteiger partial charge on any atom is -0.493 e. The van der Waals surface area contributed by atoms with Crippen LogP contribution in [-0.4, -0.2) is 6.61 Å². The summed E-state index contributed by atoms with van der Waals surface area (Å²) in [6.45, 7) is 0.788. The molecule has 3 rings (SSSR count). The summed E-state index contributed by atoms with van der Waals surface area (Å²) < 4.78 is 6.59. The Bertz CT molecular complexity index is 552. The molecule has 0 fully saturated rings. The van der Waals surface area contributed by atoms with Crippen molar-refractivity contribution in [3.63, 3.8) is 0 Å². The van der Waals surface area contributed by atoms with Gasteiger partial charge in [0.1, 0.15) is 5.75 Å². The average Bonchev–Trinajstić information content (AvgIpc) is 2.95. The summed E-state index contributed by atoms with van der Waals surface area (Å²) in [6.07, 6.45) is 0.987. The van der Waals surface area contributed by atoms with Crippen LogP contribution < -0.4 is 10.5 Å². The Morgan fingerprint density at radius 1 is 1.35 bits per heavy atom. The number of ether oxygens (including phenoxy) is 1. The van der Waals surface area contributed by atoms with Crippen molar-refractivity contribution in [1.82, 2.24) is 0 Å². The molecule has 0 bridgehead atoms. The number of hydrogen-bond donors (Lipinski definition) is 1. The molecule has 1 aliphatic rings. The molecule has 1 aromatic carbocycles. The van der Waals surface area contributed by atoms with Crippen molar-refractivity contribution in [2.24, 2.45) is 5.73 Å². The third-order valence-electron chi connectivity index (χ3n) is 3.05. The van der Waals surface area contributed by atoms with Crippen molar-refractivity contribution >= 4 is 27.3 Å². The third kappa shape index (κ3) is 2.01. The van der Waals surface area contributed by atoms with Crippen molar-refractivity contribution in [2.75, 3.05) is 6.61 Å². The number of halogens is 1. The first-order valence-electron chi connectivity index (χ1n) is 5.48. The third-order valence-corrected chi connectivity index (χ3v) is 4.80. The molecule has 2 nitrogen and oxygen atoms in total. The Morgan fingerprint density at radius 3 is 3.00 bits per heavy atom. The Kier molecular flexibility index (Phi) is 2.94. The summed E-state index contributed by atoms with van der Waals surface area (Å²) in [5.41, 5.74) is 9.85. The SMILES string of the molecule is NC(c1ccc2c(c1)CCO2)c1cscc1Br. The van der Waals surface area contributed by atoms with Crippen LogP contribution >= 0.6 is 27.3 Å². The van der Waals surface area contributed by atoms with E-state index in [-0.39, 0.29) is 6.04 Å². The molecule has 0 amide bonds. The van der Waals surface area contributed by atoms with Gasteiger partial charge < -0.3 is 10.5 Å². The smallest absolute Gasteiger partial charge is 0.122 e. The minimum atomic E-state index is -0.0680. The van der Waals surface area contributed by atoms with Crippen molar-refractivity contribution in [2.45, 2.75) is 12.5 Å². The van der Waals surface area contributed by atoms with Crippen molar-refractivity contribution in [1.29, 1.82) is 0 Å². The fraction of sp³-hybridized carbons (Fsp3) is 0.231. The van der Waals surface area contributed by atoms with Gasteiger partial charge in [0.2, 0.25) is 0 Å². The first-order valence-corrected chi connectivity index (χ1v) is 7.22. The van der Waals surface area contributed by atoms with Crippen molar-refractivity contribution in [3.8, 4) is 5.75 Å². The zero-order chi connectivity index (χ0) is 11.8. The molecule has 0 saturated heterocycles. The molecule has 17 heavy (non-hydrogen) atoms. The number of fused-ring (bicyclic) bond motifs is 1. The van der Waals surface area contributed by atoms with Crippen LogP contribution in [0.1, 0.15) is 22.7 Å². The molecule has 1 aliphatic heterocycles. The number of benzene rings is 1. The summed E-state index contributed by atoms with van der Waals surface area (Å²) in [4.78, 5) is 0. The number of nitrogens with two attached hydrogens (primary N) is 1. The Hall–Kier alpha value is -0.840. The van der Waals surface area contributed by atoms with Gasteiger partial charge in [0.15, 0.2) is 0 Å². The minimum absolute atomic E-state index is 0.0680. The van der Waals surface area contributed by atoms with Gasteiger partial charge in [-0.05, 0) is 44.1 Å². The molecular formula is C13H12BrNOS. The molecule has 2 heterocycles. The lowest BCUT2D eigenvalue weighted by Gasteiger charge is -2.12. The van der Waals surface area contributed by atoms with E-state index >= 15 is 0 Å². The van der Waals surface area contributed by atoms with Crippen LogP contribution in [0.15, 0.2) is 33.4 Å². The van der Waals surface area contributed by atoms with Crippen LogP contribution in [0.3, 0.4) is 0 Å². The maximum atomic E-state index is 6.29. The maximum Gasteiger partial charge on any atom is 0.122 e. The van der Waals surface area contributed by atoms with E-state index in [1.54, 1.807) is 11.3 Å². The normalized spacial score (nSPS) is 15.4. The fourth-order valence-corrected chi connectivity index (χ4v) is 3.67. The molecular weight excluding hydrogens is 298 g/mol. The van der Waals surface area contributed by atoms with E-state index < -0.39 is 0 Å². The summed E-state index contributed by atoms with van der Waals surface area (Å²) in [5.74, 6) is 1.00. The van der Waals surface area contributed by atoms with Crippen molar-refractivity contribution in [3.05, 3.63) is 50.1 Å². The highest BCUT2D eigenvalue weighted by Gasteiger charge is 2.17. The number of thiophene rings is 1. The highest BCUT2D eigenvalue weighted by molar-refractivity contribution is 9.10. The molecule has 0 aliphatic carbocycles. The van der Waals surface area contributed by atoms with Crippen LogP contribution in [0.2, 0.25) is 0 Å². The van der Waals surface area contributed by atoms with E-state index in [0.29, 0.717) is 0 Å². The van der Waals surface area contributed by atoms with Crippen LogP contribution in [0.5, 0.6) is 5.75 Å². The molecule has 1 atom stereocenters. The standard InChI is InChI=1S/C13H12BrNOS/c14-11-7-17-6-10(11)13(15)9-1-2-12-8(5-9)3-4-16-12/h1-2,5-7,13H,3-4,15H2. The Morgan fingerprint density at radius 2 is 2.24 bits per heavy atom. The van der Waals surface area contributed by atoms with Gasteiger partial charge in [-0.1, -0.05) is 12.1 Å². The van der Waals surface area contributed by atoms with Gasteiger partial charge in [0.25, 0.3) is 0 Å². The predicted molar refractivity (Wildman–Crippen MR) is 73.7 cm³/mol. The van der Waals surface area contributed by atoms with Gasteiger partial charge in [0, 0.05) is 16.3 Å². The van der Waals surface area contributed by atoms with E-state index in [0.717, 1.165) is 34.4 Å². The van der Waals surface area contributed by atoms with Crippen LogP contribution in [0.4, 0.5) is 0 Å². The molecule has 88 valence electrons. The van der Waals surface area contributed by atoms with Gasteiger partial charge in [-0.25, -0.2) is 0 Å². The highest BCUT2D eigenvalue weighted by Crippen LogP contribution is 2.33. The lowest BCUT2D eigenvalue weighted by Crippen LogP contribution is -2.11. The molecule has 1 unspecified atom stereocenters. The van der Waals surface area contributed by atoms with E-state index in [9.17, 15) is 0 Å². The summed E-state index contributed by atoms with van der Waals surface area (Å²) >= 11 is 5.20. The predicted octanol–water partition coefficient (Wildman–Crippen LogP) is 3.49. The van der Waals surface area contributed by atoms with E-state index in [4.69, 9.17) is 10.5 Å².